The maximum Gasteiger partial charge on any atom is 0.501 e. The van der Waals surface area contributed by atoms with E-state index < -0.39 is 30.3 Å². The number of rotatable bonds is 9. The van der Waals surface area contributed by atoms with Gasteiger partial charge >= 0.3 is 5.51 Å². The number of hydrogen-bond donors (Lipinski definition) is 2. The molecule has 0 unspecified atom stereocenters. The fourth-order valence-corrected chi connectivity index (χ4v) is 7.77. The van der Waals surface area contributed by atoms with Crippen molar-refractivity contribution in [3.63, 3.8) is 0 Å². The van der Waals surface area contributed by atoms with Crippen molar-refractivity contribution in [2.45, 2.75) is 40.0 Å². The van der Waals surface area contributed by atoms with Gasteiger partial charge in [-0.1, -0.05) is 6.07 Å². The number of nitrogens with zero attached hydrogens (tertiary/aromatic N) is 1. The molecule has 9 nitrogen and oxygen atoms in total. The first-order chi connectivity index (χ1) is 18.8. The Hall–Kier alpha value is -3.14. The minimum absolute atomic E-state index is 0.151. The number of methoxy groups -OCH3 is 1. The van der Waals surface area contributed by atoms with Crippen molar-refractivity contribution >= 4 is 42.8 Å². The molecule has 0 aliphatic carbocycles. The summed E-state index contributed by atoms with van der Waals surface area (Å²) in [6, 6.07) is 14.0. The van der Waals surface area contributed by atoms with Gasteiger partial charge in [-0.25, -0.2) is 16.8 Å². The Morgan fingerprint density at radius 3 is 2.33 bits per heavy atom. The lowest BCUT2D eigenvalue weighted by Crippen LogP contribution is -2.42. The van der Waals surface area contributed by atoms with Crippen molar-refractivity contribution in [3.05, 3.63) is 71.1 Å². The number of alkyl halides is 3. The molecule has 1 saturated heterocycles. The Kier molecular flexibility index (Phi) is 8.77. The maximum atomic E-state index is 13.2. The Balaban J connectivity index is 1.31. The molecule has 1 amide bonds. The topological polar surface area (TPSA) is 122 Å². The van der Waals surface area contributed by atoms with Gasteiger partial charge in [-0.2, -0.15) is 17.5 Å². The number of carbonyl (C=O) groups excluding carboxylic acids is 1. The molecule has 4 rings (SSSR count). The van der Waals surface area contributed by atoms with Crippen LogP contribution in [0.4, 0.5) is 18.9 Å². The number of ether oxygens (including phenoxy) is 1. The second kappa shape index (κ2) is 11.8. The number of thiophene rings is 1. The second-order valence-corrected chi connectivity index (χ2v) is 14.2. The summed E-state index contributed by atoms with van der Waals surface area (Å²) >= 11 is 1.07. The van der Waals surface area contributed by atoms with Gasteiger partial charge in [-0.15, -0.1) is 11.3 Å². The Bertz CT molecular complexity index is 1560. The van der Waals surface area contributed by atoms with E-state index in [4.69, 9.17) is 4.74 Å². The number of carbonyl (C=O) groups is 1. The Labute approximate surface area is 233 Å². The first kappa shape index (κ1) is 29.8. The van der Waals surface area contributed by atoms with E-state index in [2.05, 4.69) is 10.6 Å². The van der Waals surface area contributed by atoms with Crippen molar-refractivity contribution in [1.29, 1.82) is 0 Å². The molecule has 0 radical (unpaired) electrons. The number of benzene rings is 2. The lowest BCUT2D eigenvalue weighted by Gasteiger charge is -2.31. The molecule has 1 aromatic heterocycles. The molecule has 40 heavy (non-hydrogen) atoms. The number of anilines is 1. The van der Waals surface area contributed by atoms with Crippen LogP contribution < -0.4 is 15.4 Å². The highest BCUT2D eigenvalue weighted by atomic mass is 32.2. The van der Waals surface area contributed by atoms with Crippen LogP contribution in [0.25, 0.3) is 0 Å². The quantitative estimate of drug-likeness (QED) is 0.368. The predicted molar refractivity (Wildman–Crippen MR) is 144 cm³/mol. The van der Waals surface area contributed by atoms with E-state index in [1.165, 1.54) is 29.6 Å². The molecular weight excluding hydrogens is 591 g/mol. The van der Waals surface area contributed by atoms with Gasteiger partial charge < -0.3 is 15.4 Å². The van der Waals surface area contributed by atoms with Gasteiger partial charge in [-0.05, 0) is 67.4 Å². The molecule has 3 aromatic rings. The number of halogens is 3. The van der Waals surface area contributed by atoms with Gasteiger partial charge in [0.2, 0.25) is 0 Å². The number of sulfone groups is 1. The van der Waals surface area contributed by atoms with E-state index in [9.17, 15) is 34.8 Å². The van der Waals surface area contributed by atoms with Crippen LogP contribution in [0, 0.1) is 0 Å². The van der Waals surface area contributed by atoms with Crippen LogP contribution in [-0.4, -0.2) is 58.8 Å². The van der Waals surface area contributed by atoms with Crippen LogP contribution in [0.3, 0.4) is 0 Å². The highest BCUT2D eigenvalue weighted by Gasteiger charge is 2.46. The van der Waals surface area contributed by atoms with Crippen molar-refractivity contribution in [1.82, 2.24) is 9.62 Å². The number of nitrogens with one attached hydrogen (secondary N) is 2. The molecule has 216 valence electrons. The molecule has 1 aliphatic heterocycles. The third-order valence-corrected chi connectivity index (χ3v) is 11.2. The van der Waals surface area contributed by atoms with Gasteiger partial charge in [0, 0.05) is 35.3 Å². The minimum Gasteiger partial charge on any atom is -0.497 e. The summed E-state index contributed by atoms with van der Waals surface area (Å²) < 4.78 is 94.2. The Morgan fingerprint density at radius 1 is 1.02 bits per heavy atom. The maximum absolute atomic E-state index is 13.2. The summed E-state index contributed by atoms with van der Waals surface area (Å²) in [5.41, 5.74) is -4.53. The highest BCUT2D eigenvalue weighted by Crippen LogP contribution is 2.31. The minimum atomic E-state index is -5.42. The van der Waals surface area contributed by atoms with Crippen molar-refractivity contribution < 1.29 is 39.5 Å². The molecule has 2 heterocycles. The molecule has 2 N–H and O–H groups in total. The van der Waals surface area contributed by atoms with Crippen LogP contribution in [0.15, 0.2) is 69.8 Å². The monoisotopic (exact) mass is 617 g/mol. The van der Waals surface area contributed by atoms with E-state index in [1.807, 2.05) is 0 Å². The van der Waals surface area contributed by atoms with Crippen LogP contribution in [0.5, 0.6) is 5.75 Å². The third kappa shape index (κ3) is 6.59. The first-order valence-electron chi connectivity index (χ1n) is 12.0. The number of amides is 1. The summed E-state index contributed by atoms with van der Waals surface area (Å²) in [6.07, 6.45) is 0.882. The molecule has 0 atom stereocenters. The highest BCUT2D eigenvalue weighted by molar-refractivity contribution is 7.92. The average Bonchev–Trinajstić information content (AvgIpc) is 3.42. The lowest BCUT2D eigenvalue weighted by molar-refractivity contribution is -0.0436. The largest absolute Gasteiger partial charge is 0.501 e. The smallest absolute Gasteiger partial charge is 0.497 e. The molecule has 1 aliphatic rings. The summed E-state index contributed by atoms with van der Waals surface area (Å²) in [5.74, 6) is 0.230. The van der Waals surface area contributed by atoms with Crippen LogP contribution in [0.2, 0.25) is 0 Å². The van der Waals surface area contributed by atoms with Crippen LogP contribution in [0.1, 0.15) is 28.1 Å². The number of hydrogen-bond acceptors (Lipinski definition) is 8. The third-order valence-electron chi connectivity index (χ3n) is 6.28. The zero-order chi connectivity index (χ0) is 29.1. The zero-order valence-corrected chi connectivity index (χ0v) is 23.6. The molecule has 2 aromatic carbocycles. The SMILES string of the molecule is COc1cccc(C(=O)NCc2ccc(S(=O)(=O)N3CCC(Nc4ccc(S(=O)(=O)C(F)(F)F)cc4)CC3)s2)c1. The van der Waals surface area contributed by atoms with Gasteiger partial charge in [0.25, 0.3) is 25.8 Å². The van der Waals surface area contributed by atoms with E-state index >= 15 is 0 Å². The summed E-state index contributed by atoms with van der Waals surface area (Å²) in [4.78, 5) is 12.3. The normalized spacial score (nSPS) is 15.5. The predicted octanol–water partition coefficient (Wildman–Crippen LogP) is 4.25. The Morgan fingerprint density at radius 2 is 1.70 bits per heavy atom. The van der Waals surface area contributed by atoms with Gasteiger partial charge in [0.1, 0.15) is 9.96 Å². The van der Waals surface area contributed by atoms with Crippen molar-refractivity contribution in [3.8, 4) is 5.75 Å². The van der Waals surface area contributed by atoms with E-state index in [-0.39, 0.29) is 35.8 Å². The molecule has 0 spiro atoms. The average molecular weight is 618 g/mol. The fraction of sp³-hybridized carbons (Fsp3) is 0.320. The fourth-order valence-electron chi connectivity index (χ4n) is 4.09. The standard InChI is InChI=1S/C25H26F3N3O6S3/c1-37-20-4-2-3-17(15-20)24(32)29-16-21-7-10-23(38-21)40(35,36)31-13-11-19(12-14-31)30-18-5-8-22(9-6-18)39(33,34)25(26,27)28/h2-10,15,19,30H,11-14,16H2,1H3,(H,29,32). The zero-order valence-electron chi connectivity index (χ0n) is 21.1. The summed E-state index contributed by atoms with van der Waals surface area (Å²) in [6.45, 7) is 0.603. The second-order valence-electron chi connectivity index (χ2n) is 8.93. The van der Waals surface area contributed by atoms with E-state index in [0.29, 0.717) is 34.7 Å². The molecule has 15 heteroatoms. The van der Waals surface area contributed by atoms with Gasteiger partial charge in [-0.3, -0.25) is 4.79 Å². The van der Waals surface area contributed by atoms with Gasteiger partial charge in [0.05, 0.1) is 18.6 Å². The summed E-state index contributed by atoms with van der Waals surface area (Å²) in [5, 5.41) is 5.89. The van der Waals surface area contributed by atoms with Crippen molar-refractivity contribution in [2.75, 3.05) is 25.5 Å². The number of piperidine rings is 1. The van der Waals surface area contributed by atoms with Gasteiger partial charge in [0.15, 0.2) is 0 Å². The van der Waals surface area contributed by atoms with E-state index in [0.717, 1.165) is 23.5 Å². The van der Waals surface area contributed by atoms with Crippen LogP contribution in [-0.2, 0) is 26.4 Å². The lowest BCUT2D eigenvalue weighted by atomic mass is 10.1. The number of sulfonamides is 1. The summed E-state index contributed by atoms with van der Waals surface area (Å²) in [7, 11) is -7.67. The molecular formula is C25H26F3N3O6S3. The van der Waals surface area contributed by atoms with E-state index in [1.54, 1.807) is 30.3 Å². The molecule has 0 bridgehead atoms. The first-order valence-corrected chi connectivity index (χ1v) is 15.7. The van der Waals surface area contributed by atoms with Crippen molar-refractivity contribution in [2.24, 2.45) is 0 Å². The molecule has 0 saturated carbocycles. The molecule has 1 fully saturated rings. The van der Waals surface area contributed by atoms with Crippen LogP contribution >= 0.6 is 11.3 Å².